The third-order valence-corrected chi connectivity index (χ3v) is 3.48. The van der Waals surface area contributed by atoms with Gasteiger partial charge in [0.2, 0.25) is 0 Å². The molecule has 0 unspecified atom stereocenters. The zero-order valence-corrected chi connectivity index (χ0v) is 10.6. The summed E-state index contributed by atoms with van der Waals surface area (Å²) in [6, 6.07) is 8.81. The Balaban J connectivity index is 0.000000203. The van der Waals surface area contributed by atoms with Gasteiger partial charge in [-0.2, -0.15) is 13.2 Å². The SMILES string of the molecule is Cc1ccc(SC2CC2)cc1.NC(=O)C(F)(F)F. The minimum atomic E-state index is -4.86. The van der Waals surface area contributed by atoms with E-state index in [0.29, 0.717) is 0 Å². The highest BCUT2D eigenvalue weighted by atomic mass is 32.2. The van der Waals surface area contributed by atoms with Gasteiger partial charge in [-0.1, -0.05) is 17.7 Å². The number of hydrogen-bond acceptors (Lipinski definition) is 2. The van der Waals surface area contributed by atoms with Crippen LogP contribution >= 0.6 is 11.8 Å². The lowest BCUT2D eigenvalue weighted by molar-refractivity contribution is -0.169. The highest BCUT2D eigenvalue weighted by molar-refractivity contribution is 8.00. The summed E-state index contributed by atoms with van der Waals surface area (Å²) >= 11 is 2.02. The van der Waals surface area contributed by atoms with Crippen LogP contribution < -0.4 is 5.73 Å². The molecule has 1 aromatic carbocycles. The van der Waals surface area contributed by atoms with E-state index in [4.69, 9.17) is 4.79 Å². The Morgan fingerprint density at radius 3 is 2.06 bits per heavy atom. The van der Waals surface area contributed by atoms with Crippen LogP contribution in [-0.4, -0.2) is 17.3 Å². The number of benzene rings is 1. The first kappa shape index (κ1) is 14.9. The van der Waals surface area contributed by atoms with E-state index < -0.39 is 12.1 Å². The smallest absolute Gasteiger partial charge is 0.362 e. The molecule has 1 aliphatic rings. The molecule has 1 aromatic rings. The summed E-state index contributed by atoms with van der Waals surface area (Å²) in [5, 5.41) is 0.928. The lowest BCUT2D eigenvalue weighted by atomic mass is 10.2. The number of carbonyl (C=O) groups excluding carboxylic acids is 1. The quantitative estimate of drug-likeness (QED) is 0.901. The number of aryl methyl sites for hydroxylation is 1. The minimum absolute atomic E-state index is 0.928. The van der Waals surface area contributed by atoms with Gasteiger partial charge in [0.25, 0.3) is 0 Å². The Labute approximate surface area is 108 Å². The largest absolute Gasteiger partial charge is 0.470 e. The minimum Gasteiger partial charge on any atom is -0.362 e. The van der Waals surface area contributed by atoms with Gasteiger partial charge in [0.15, 0.2) is 0 Å². The van der Waals surface area contributed by atoms with E-state index in [1.807, 2.05) is 11.8 Å². The Kier molecular flexibility index (Phi) is 5.07. The molecular weight excluding hydrogens is 263 g/mol. The molecule has 0 atom stereocenters. The lowest BCUT2D eigenvalue weighted by Gasteiger charge is -1.98. The van der Waals surface area contributed by atoms with Crippen molar-refractivity contribution in [3.8, 4) is 0 Å². The molecule has 0 heterocycles. The standard InChI is InChI=1S/C10H12S.C2H2F3NO/c1-8-2-4-9(5-3-8)11-10-6-7-10;3-2(4,5)1(6)7/h2-5,10H,6-7H2,1H3;(H2,6,7). The van der Waals surface area contributed by atoms with Gasteiger partial charge < -0.3 is 5.73 Å². The van der Waals surface area contributed by atoms with Crippen LogP contribution in [0.1, 0.15) is 18.4 Å². The Morgan fingerprint density at radius 1 is 1.28 bits per heavy atom. The molecule has 2 N–H and O–H groups in total. The Bertz CT molecular complexity index is 399. The van der Waals surface area contributed by atoms with Crippen LogP contribution in [0.5, 0.6) is 0 Å². The van der Waals surface area contributed by atoms with Crippen LogP contribution in [0.25, 0.3) is 0 Å². The fraction of sp³-hybridized carbons (Fsp3) is 0.417. The molecule has 2 rings (SSSR count). The van der Waals surface area contributed by atoms with Crippen LogP contribution in [0.4, 0.5) is 13.2 Å². The average Bonchev–Trinajstić information content (AvgIpc) is 3.05. The molecule has 0 saturated heterocycles. The molecule has 0 spiro atoms. The number of carbonyl (C=O) groups is 1. The summed E-state index contributed by atoms with van der Waals surface area (Å²) in [7, 11) is 0. The number of primary amides is 1. The van der Waals surface area contributed by atoms with Gasteiger partial charge in [-0.05, 0) is 31.9 Å². The number of nitrogens with two attached hydrogens (primary N) is 1. The van der Waals surface area contributed by atoms with E-state index in [0.717, 1.165) is 5.25 Å². The summed E-state index contributed by atoms with van der Waals surface area (Å²) in [5.41, 5.74) is 5.16. The summed E-state index contributed by atoms with van der Waals surface area (Å²) in [6.45, 7) is 2.13. The maximum atomic E-state index is 10.7. The monoisotopic (exact) mass is 277 g/mol. The second kappa shape index (κ2) is 6.13. The van der Waals surface area contributed by atoms with Gasteiger partial charge in [-0.3, -0.25) is 4.79 Å². The van der Waals surface area contributed by atoms with Gasteiger partial charge in [0, 0.05) is 10.1 Å². The number of amides is 1. The number of thioether (sulfide) groups is 1. The van der Waals surface area contributed by atoms with Crippen LogP contribution in [0, 0.1) is 6.92 Å². The molecule has 0 aromatic heterocycles. The molecule has 100 valence electrons. The number of rotatable bonds is 2. The van der Waals surface area contributed by atoms with Crippen LogP contribution in [0.2, 0.25) is 0 Å². The van der Waals surface area contributed by atoms with Crippen molar-refractivity contribution in [2.45, 2.75) is 36.1 Å². The van der Waals surface area contributed by atoms with E-state index in [1.165, 1.54) is 23.3 Å². The van der Waals surface area contributed by atoms with Crippen molar-refractivity contribution in [1.29, 1.82) is 0 Å². The van der Waals surface area contributed by atoms with Gasteiger partial charge in [-0.25, -0.2) is 0 Å². The molecule has 1 saturated carbocycles. The molecule has 0 aliphatic heterocycles. The normalized spacial score (nSPS) is 14.7. The van der Waals surface area contributed by atoms with Crippen molar-refractivity contribution in [2.75, 3.05) is 0 Å². The van der Waals surface area contributed by atoms with Crippen molar-refractivity contribution >= 4 is 17.7 Å². The van der Waals surface area contributed by atoms with Crippen LogP contribution in [0.15, 0.2) is 29.2 Å². The first-order chi connectivity index (χ1) is 8.29. The maximum absolute atomic E-state index is 10.7. The third-order valence-electron chi connectivity index (χ3n) is 2.13. The fourth-order valence-corrected chi connectivity index (χ4v) is 2.05. The topological polar surface area (TPSA) is 43.1 Å². The lowest BCUT2D eigenvalue weighted by Crippen LogP contribution is -2.30. The molecule has 2 nitrogen and oxygen atoms in total. The van der Waals surface area contributed by atoms with Crippen molar-refractivity contribution in [1.82, 2.24) is 0 Å². The predicted molar refractivity (Wildman–Crippen MR) is 65.3 cm³/mol. The summed E-state index contributed by atoms with van der Waals surface area (Å²) in [5.74, 6) is -2.26. The van der Waals surface area contributed by atoms with Crippen LogP contribution in [-0.2, 0) is 4.79 Å². The Hall–Kier alpha value is -1.17. The van der Waals surface area contributed by atoms with E-state index >= 15 is 0 Å². The highest BCUT2D eigenvalue weighted by Gasteiger charge is 2.35. The van der Waals surface area contributed by atoms with Crippen molar-refractivity contribution in [3.63, 3.8) is 0 Å². The first-order valence-corrected chi connectivity index (χ1v) is 6.27. The molecular formula is C12H14F3NOS. The molecule has 18 heavy (non-hydrogen) atoms. The molecule has 0 bridgehead atoms. The first-order valence-electron chi connectivity index (χ1n) is 5.39. The van der Waals surface area contributed by atoms with E-state index in [-0.39, 0.29) is 0 Å². The zero-order valence-electron chi connectivity index (χ0n) is 9.83. The molecule has 0 radical (unpaired) electrons. The average molecular weight is 277 g/mol. The molecule has 6 heteroatoms. The maximum Gasteiger partial charge on any atom is 0.470 e. The second-order valence-corrected chi connectivity index (χ2v) is 5.37. The fourth-order valence-electron chi connectivity index (χ4n) is 0.995. The summed E-state index contributed by atoms with van der Waals surface area (Å²) in [6.07, 6.45) is -2.03. The second-order valence-electron chi connectivity index (χ2n) is 3.99. The van der Waals surface area contributed by atoms with Gasteiger partial charge >= 0.3 is 12.1 Å². The Morgan fingerprint density at radius 2 is 1.72 bits per heavy atom. The molecule has 1 aliphatic carbocycles. The third kappa shape index (κ3) is 5.95. The molecule has 1 amide bonds. The van der Waals surface area contributed by atoms with E-state index in [9.17, 15) is 13.2 Å². The highest BCUT2D eigenvalue weighted by Crippen LogP contribution is 2.38. The summed E-state index contributed by atoms with van der Waals surface area (Å²) in [4.78, 5) is 10.5. The van der Waals surface area contributed by atoms with Crippen molar-refractivity contribution in [2.24, 2.45) is 5.73 Å². The number of alkyl halides is 3. The van der Waals surface area contributed by atoms with Gasteiger partial charge in [0.05, 0.1) is 0 Å². The van der Waals surface area contributed by atoms with Crippen molar-refractivity contribution < 1.29 is 18.0 Å². The number of halogens is 3. The van der Waals surface area contributed by atoms with E-state index in [2.05, 4.69) is 36.9 Å². The molecule has 1 fully saturated rings. The number of hydrogen-bond donors (Lipinski definition) is 1. The summed E-state index contributed by atoms with van der Waals surface area (Å²) < 4.78 is 32.1. The zero-order chi connectivity index (χ0) is 13.8. The van der Waals surface area contributed by atoms with E-state index in [1.54, 1.807) is 0 Å². The van der Waals surface area contributed by atoms with Crippen molar-refractivity contribution in [3.05, 3.63) is 29.8 Å². The van der Waals surface area contributed by atoms with Gasteiger partial charge in [0.1, 0.15) is 0 Å². The van der Waals surface area contributed by atoms with Gasteiger partial charge in [-0.15, -0.1) is 11.8 Å². The van der Waals surface area contributed by atoms with Crippen LogP contribution in [0.3, 0.4) is 0 Å². The predicted octanol–water partition coefficient (Wildman–Crippen LogP) is 3.28.